The second-order valence-electron chi connectivity index (χ2n) is 7.39. The number of esters is 1. The SMILES string of the molecule is C[C@@H](CCc1ccccc1)NC(=O)COC(=O)c1ccccc1Cc1ccccc1. The number of rotatable bonds is 9. The van der Waals surface area contributed by atoms with Crippen LogP contribution in [-0.2, 0) is 22.4 Å². The van der Waals surface area contributed by atoms with Gasteiger partial charge < -0.3 is 10.1 Å². The van der Waals surface area contributed by atoms with Crippen LogP contribution in [0, 0.1) is 0 Å². The number of ether oxygens (including phenoxy) is 1. The molecule has 0 spiro atoms. The van der Waals surface area contributed by atoms with Gasteiger partial charge in [-0.25, -0.2) is 4.79 Å². The first kappa shape index (κ1) is 21.3. The zero-order valence-electron chi connectivity index (χ0n) is 17.2. The third-order valence-corrected chi connectivity index (χ3v) is 4.93. The molecular weight excluding hydrogens is 374 g/mol. The summed E-state index contributed by atoms with van der Waals surface area (Å²) >= 11 is 0. The second kappa shape index (κ2) is 11.0. The molecule has 0 saturated heterocycles. The molecule has 0 radical (unpaired) electrons. The van der Waals surface area contributed by atoms with Crippen LogP contribution in [0.3, 0.4) is 0 Å². The Kier molecular flexibility index (Phi) is 7.78. The minimum atomic E-state index is -0.478. The molecule has 0 saturated carbocycles. The molecule has 3 rings (SSSR count). The van der Waals surface area contributed by atoms with E-state index in [-0.39, 0.29) is 18.6 Å². The van der Waals surface area contributed by atoms with E-state index < -0.39 is 5.97 Å². The van der Waals surface area contributed by atoms with Gasteiger partial charge in [-0.3, -0.25) is 4.79 Å². The van der Waals surface area contributed by atoms with Gasteiger partial charge in [0.05, 0.1) is 5.56 Å². The number of aryl methyl sites for hydroxylation is 1. The first-order valence-corrected chi connectivity index (χ1v) is 10.2. The van der Waals surface area contributed by atoms with E-state index in [1.165, 1.54) is 5.56 Å². The van der Waals surface area contributed by atoms with Crippen LogP contribution in [0.4, 0.5) is 0 Å². The summed E-state index contributed by atoms with van der Waals surface area (Å²) in [5.74, 6) is -0.766. The maximum absolute atomic E-state index is 12.6. The second-order valence-corrected chi connectivity index (χ2v) is 7.39. The molecule has 1 amide bonds. The van der Waals surface area contributed by atoms with Crippen LogP contribution in [-0.4, -0.2) is 24.5 Å². The Morgan fingerprint density at radius 3 is 2.13 bits per heavy atom. The first-order valence-electron chi connectivity index (χ1n) is 10.2. The highest BCUT2D eigenvalue weighted by molar-refractivity contribution is 5.92. The lowest BCUT2D eigenvalue weighted by molar-refractivity contribution is -0.124. The summed E-state index contributed by atoms with van der Waals surface area (Å²) in [7, 11) is 0. The predicted molar refractivity (Wildman–Crippen MR) is 118 cm³/mol. The predicted octanol–water partition coefficient (Wildman–Crippen LogP) is 4.57. The largest absolute Gasteiger partial charge is 0.452 e. The van der Waals surface area contributed by atoms with Crippen molar-refractivity contribution in [2.45, 2.75) is 32.2 Å². The third kappa shape index (κ3) is 6.59. The lowest BCUT2D eigenvalue weighted by Gasteiger charge is -2.14. The van der Waals surface area contributed by atoms with Gasteiger partial charge in [0.25, 0.3) is 5.91 Å². The number of nitrogens with one attached hydrogen (secondary N) is 1. The minimum Gasteiger partial charge on any atom is -0.452 e. The Balaban J connectivity index is 1.48. The lowest BCUT2D eigenvalue weighted by Crippen LogP contribution is -2.36. The van der Waals surface area contributed by atoms with Crippen LogP contribution in [0.1, 0.15) is 40.4 Å². The van der Waals surface area contributed by atoms with Gasteiger partial charge in [0.1, 0.15) is 0 Å². The molecule has 3 aromatic rings. The van der Waals surface area contributed by atoms with Crippen LogP contribution in [0.5, 0.6) is 0 Å². The summed E-state index contributed by atoms with van der Waals surface area (Å²) in [6.07, 6.45) is 2.34. The number of hydrogen-bond acceptors (Lipinski definition) is 3. The molecule has 0 fully saturated rings. The third-order valence-electron chi connectivity index (χ3n) is 4.93. The summed E-state index contributed by atoms with van der Waals surface area (Å²) in [5.41, 5.74) is 3.72. The zero-order chi connectivity index (χ0) is 21.2. The number of amides is 1. The van der Waals surface area contributed by atoms with E-state index in [1.54, 1.807) is 12.1 Å². The van der Waals surface area contributed by atoms with E-state index >= 15 is 0 Å². The van der Waals surface area contributed by atoms with Crippen molar-refractivity contribution >= 4 is 11.9 Å². The van der Waals surface area contributed by atoms with Crippen LogP contribution >= 0.6 is 0 Å². The smallest absolute Gasteiger partial charge is 0.338 e. The number of carbonyl (C=O) groups excluding carboxylic acids is 2. The quantitative estimate of drug-likeness (QED) is 0.534. The van der Waals surface area contributed by atoms with Crippen molar-refractivity contribution in [3.63, 3.8) is 0 Å². The topological polar surface area (TPSA) is 55.4 Å². The molecule has 0 aromatic heterocycles. The van der Waals surface area contributed by atoms with Crippen LogP contribution in [0.15, 0.2) is 84.9 Å². The highest BCUT2D eigenvalue weighted by Gasteiger charge is 2.15. The molecule has 4 nitrogen and oxygen atoms in total. The molecule has 4 heteroatoms. The van der Waals surface area contributed by atoms with Gasteiger partial charge >= 0.3 is 5.97 Å². The van der Waals surface area contributed by atoms with E-state index in [1.807, 2.05) is 67.6 Å². The molecule has 3 aromatic carbocycles. The van der Waals surface area contributed by atoms with E-state index in [0.29, 0.717) is 12.0 Å². The van der Waals surface area contributed by atoms with Gasteiger partial charge in [0, 0.05) is 6.04 Å². The Morgan fingerprint density at radius 1 is 0.833 bits per heavy atom. The highest BCUT2D eigenvalue weighted by Crippen LogP contribution is 2.15. The van der Waals surface area contributed by atoms with Crippen LogP contribution < -0.4 is 5.32 Å². The fourth-order valence-electron chi connectivity index (χ4n) is 3.31. The van der Waals surface area contributed by atoms with Crippen molar-refractivity contribution in [2.75, 3.05) is 6.61 Å². The number of benzene rings is 3. The van der Waals surface area contributed by atoms with Crippen LogP contribution in [0.25, 0.3) is 0 Å². The van der Waals surface area contributed by atoms with E-state index in [0.717, 1.165) is 24.0 Å². The van der Waals surface area contributed by atoms with Crippen molar-refractivity contribution in [2.24, 2.45) is 0 Å². The Hall–Kier alpha value is -3.40. The zero-order valence-corrected chi connectivity index (χ0v) is 17.2. The number of hydrogen-bond donors (Lipinski definition) is 1. The maximum Gasteiger partial charge on any atom is 0.338 e. The standard InChI is InChI=1S/C26H27NO3/c1-20(16-17-21-10-4-2-5-11-21)27-25(28)19-30-26(29)24-15-9-8-14-23(24)18-22-12-6-3-7-13-22/h2-15,20H,16-19H2,1H3,(H,27,28)/t20-/m0/s1. The van der Waals surface area contributed by atoms with Gasteiger partial charge in [0.15, 0.2) is 6.61 Å². The number of carbonyl (C=O) groups is 2. The molecule has 1 N–H and O–H groups in total. The summed E-state index contributed by atoms with van der Waals surface area (Å²) in [4.78, 5) is 24.7. The molecule has 154 valence electrons. The molecule has 0 aliphatic carbocycles. The normalized spacial score (nSPS) is 11.5. The first-order chi connectivity index (χ1) is 14.6. The summed E-state index contributed by atoms with van der Waals surface area (Å²) in [5, 5.41) is 2.90. The highest BCUT2D eigenvalue weighted by atomic mass is 16.5. The average molecular weight is 402 g/mol. The molecule has 1 atom stereocenters. The molecular formula is C26H27NO3. The van der Waals surface area contributed by atoms with Crippen molar-refractivity contribution in [1.29, 1.82) is 0 Å². The van der Waals surface area contributed by atoms with Crippen molar-refractivity contribution in [3.8, 4) is 0 Å². The van der Waals surface area contributed by atoms with E-state index in [2.05, 4.69) is 17.4 Å². The average Bonchev–Trinajstić information content (AvgIpc) is 2.78. The van der Waals surface area contributed by atoms with E-state index in [4.69, 9.17) is 4.74 Å². The Bertz CT molecular complexity index is 954. The molecule has 0 aliphatic heterocycles. The van der Waals surface area contributed by atoms with E-state index in [9.17, 15) is 9.59 Å². The Morgan fingerprint density at radius 2 is 1.43 bits per heavy atom. The molecule has 0 aliphatic rings. The molecule has 30 heavy (non-hydrogen) atoms. The van der Waals surface area contributed by atoms with Crippen LogP contribution in [0.2, 0.25) is 0 Å². The summed E-state index contributed by atoms with van der Waals surface area (Å²) in [6, 6.07) is 27.4. The minimum absolute atomic E-state index is 0.00164. The van der Waals surface area contributed by atoms with Crippen molar-refractivity contribution < 1.29 is 14.3 Å². The maximum atomic E-state index is 12.6. The fourth-order valence-corrected chi connectivity index (χ4v) is 3.31. The molecule has 0 heterocycles. The van der Waals surface area contributed by atoms with Crippen molar-refractivity contribution in [3.05, 3.63) is 107 Å². The van der Waals surface area contributed by atoms with Gasteiger partial charge in [-0.1, -0.05) is 78.9 Å². The Labute approximate surface area is 177 Å². The summed E-state index contributed by atoms with van der Waals surface area (Å²) < 4.78 is 5.28. The van der Waals surface area contributed by atoms with Gasteiger partial charge in [-0.05, 0) is 48.9 Å². The molecule has 0 bridgehead atoms. The lowest BCUT2D eigenvalue weighted by atomic mass is 10.00. The summed E-state index contributed by atoms with van der Waals surface area (Å²) in [6.45, 7) is 1.67. The fraction of sp³-hybridized carbons (Fsp3) is 0.231. The van der Waals surface area contributed by atoms with Gasteiger partial charge in [-0.2, -0.15) is 0 Å². The van der Waals surface area contributed by atoms with Gasteiger partial charge in [-0.15, -0.1) is 0 Å². The van der Waals surface area contributed by atoms with Gasteiger partial charge in [0.2, 0.25) is 0 Å². The molecule has 0 unspecified atom stereocenters. The van der Waals surface area contributed by atoms with Crippen molar-refractivity contribution in [1.82, 2.24) is 5.32 Å². The monoisotopic (exact) mass is 401 g/mol.